The van der Waals surface area contributed by atoms with Crippen LogP contribution in [0.4, 0.5) is 22.0 Å². The number of nitrogens with one attached hydrogen (secondary N) is 1. The van der Waals surface area contributed by atoms with Gasteiger partial charge >= 0.3 is 6.18 Å². The highest BCUT2D eigenvalue weighted by molar-refractivity contribution is 7.92. The predicted octanol–water partition coefficient (Wildman–Crippen LogP) is 5.55. The van der Waals surface area contributed by atoms with E-state index in [-0.39, 0.29) is 48.6 Å². The third-order valence-corrected chi connectivity index (χ3v) is 8.72. The Labute approximate surface area is 193 Å². The van der Waals surface area contributed by atoms with Crippen LogP contribution in [0.3, 0.4) is 0 Å². The lowest BCUT2D eigenvalue weighted by Crippen LogP contribution is -2.42. The third-order valence-electron chi connectivity index (χ3n) is 5.92. The van der Waals surface area contributed by atoms with Gasteiger partial charge in [0, 0.05) is 17.1 Å². The minimum absolute atomic E-state index is 0.0718. The maximum absolute atomic E-state index is 14.8. The molecular weight excluding hydrogens is 489 g/mol. The molecule has 1 amide bonds. The van der Waals surface area contributed by atoms with Gasteiger partial charge in [-0.2, -0.15) is 13.2 Å². The SMILES string of the molecule is O=C(CC(F)(F)F)NCC1CCC(c2cc(F)ccc2F)(S(=O)(=O)c2ccc(Cl)cc2)CC1. The summed E-state index contributed by atoms with van der Waals surface area (Å²) in [6.07, 6.45) is -6.09. The fourth-order valence-corrected chi connectivity index (χ4v) is 6.51. The molecule has 4 nitrogen and oxygen atoms in total. The molecule has 11 heteroatoms. The molecule has 1 saturated carbocycles. The molecule has 3 rings (SSSR count). The van der Waals surface area contributed by atoms with Crippen molar-refractivity contribution in [2.75, 3.05) is 6.54 Å². The monoisotopic (exact) mass is 509 g/mol. The molecule has 1 fully saturated rings. The minimum Gasteiger partial charge on any atom is -0.356 e. The molecule has 0 saturated heterocycles. The number of sulfone groups is 1. The van der Waals surface area contributed by atoms with Gasteiger partial charge in [-0.3, -0.25) is 4.79 Å². The predicted molar refractivity (Wildman–Crippen MR) is 112 cm³/mol. The van der Waals surface area contributed by atoms with Gasteiger partial charge in [-0.05, 0) is 74.1 Å². The molecule has 0 atom stereocenters. The second-order valence-electron chi connectivity index (χ2n) is 8.12. The van der Waals surface area contributed by atoms with Crippen molar-refractivity contribution in [1.82, 2.24) is 5.32 Å². The van der Waals surface area contributed by atoms with Crippen molar-refractivity contribution in [3.05, 3.63) is 64.7 Å². The van der Waals surface area contributed by atoms with Crippen LogP contribution in [0, 0.1) is 17.6 Å². The van der Waals surface area contributed by atoms with Crippen LogP contribution in [0.15, 0.2) is 47.4 Å². The van der Waals surface area contributed by atoms with Crippen molar-refractivity contribution in [2.24, 2.45) is 5.92 Å². The van der Waals surface area contributed by atoms with Crippen molar-refractivity contribution < 1.29 is 35.2 Å². The van der Waals surface area contributed by atoms with Crippen LogP contribution in [0.5, 0.6) is 0 Å². The fourth-order valence-electron chi connectivity index (χ4n) is 4.22. The number of carbonyl (C=O) groups excluding carboxylic acids is 1. The van der Waals surface area contributed by atoms with Crippen LogP contribution in [-0.4, -0.2) is 27.0 Å². The fraction of sp³-hybridized carbons (Fsp3) is 0.409. The Hall–Kier alpha value is -2.20. The van der Waals surface area contributed by atoms with Crippen LogP contribution in [0.2, 0.25) is 5.02 Å². The molecule has 2 aromatic rings. The van der Waals surface area contributed by atoms with Gasteiger partial charge in [0.15, 0.2) is 9.84 Å². The number of hydrogen-bond acceptors (Lipinski definition) is 3. The first-order chi connectivity index (χ1) is 15.3. The van der Waals surface area contributed by atoms with E-state index in [1.807, 2.05) is 0 Å². The molecule has 1 aliphatic rings. The van der Waals surface area contributed by atoms with E-state index in [4.69, 9.17) is 11.6 Å². The van der Waals surface area contributed by atoms with E-state index in [1.165, 1.54) is 24.3 Å². The van der Waals surface area contributed by atoms with Gasteiger partial charge in [0.05, 0.1) is 4.90 Å². The standard InChI is InChI=1S/C22H21ClF5NO3S/c23-15-1-4-17(5-2-15)33(31,32)21(18-11-16(24)3-6-19(18)25)9-7-14(8-10-21)13-29-20(30)12-22(26,27)28/h1-6,11,14H,7-10,12-13H2,(H,29,30). The van der Waals surface area contributed by atoms with Crippen LogP contribution in [0.25, 0.3) is 0 Å². The second-order valence-corrected chi connectivity index (χ2v) is 10.8. The van der Waals surface area contributed by atoms with Gasteiger partial charge in [0.2, 0.25) is 5.91 Å². The average Bonchev–Trinajstić information content (AvgIpc) is 2.73. The summed E-state index contributed by atoms with van der Waals surface area (Å²) in [7, 11) is -4.21. The zero-order valence-corrected chi connectivity index (χ0v) is 18.8. The van der Waals surface area contributed by atoms with Crippen molar-refractivity contribution in [3.8, 4) is 0 Å². The van der Waals surface area contributed by atoms with E-state index >= 15 is 0 Å². The highest BCUT2D eigenvalue weighted by Crippen LogP contribution is 2.49. The molecule has 2 aromatic carbocycles. The summed E-state index contributed by atoms with van der Waals surface area (Å²) in [5, 5.41) is 2.52. The zero-order valence-electron chi connectivity index (χ0n) is 17.3. The molecule has 1 aliphatic carbocycles. The average molecular weight is 510 g/mol. The van der Waals surface area contributed by atoms with Gasteiger partial charge in [-0.25, -0.2) is 17.2 Å². The zero-order chi connectivity index (χ0) is 24.4. The summed E-state index contributed by atoms with van der Waals surface area (Å²) in [5.41, 5.74) is -0.294. The molecule has 1 N–H and O–H groups in total. The highest BCUT2D eigenvalue weighted by Gasteiger charge is 2.50. The van der Waals surface area contributed by atoms with Gasteiger partial charge in [0.25, 0.3) is 0 Å². The maximum atomic E-state index is 14.8. The minimum atomic E-state index is -4.63. The summed E-state index contributed by atoms with van der Waals surface area (Å²) < 4.78 is 91.5. The quantitative estimate of drug-likeness (QED) is 0.520. The van der Waals surface area contributed by atoms with E-state index < -0.39 is 44.7 Å². The highest BCUT2D eigenvalue weighted by atomic mass is 35.5. The van der Waals surface area contributed by atoms with Gasteiger partial charge in [0.1, 0.15) is 22.8 Å². The molecule has 0 heterocycles. The van der Waals surface area contributed by atoms with Crippen LogP contribution < -0.4 is 5.32 Å². The van der Waals surface area contributed by atoms with Crippen molar-refractivity contribution in [3.63, 3.8) is 0 Å². The van der Waals surface area contributed by atoms with Crippen molar-refractivity contribution in [2.45, 2.75) is 47.9 Å². The smallest absolute Gasteiger partial charge is 0.356 e. The number of benzene rings is 2. The molecule has 0 unspecified atom stereocenters. The Morgan fingerprint density at radius 1 is 1.06 bits per heavy atom. The van der Waals surface area contributed by atoms with Gasteiger partial charge < -0.3 is 5.32 Å². The normalized spacial score (nSPS) is 21.6. The summed E-state index contributed by atoms with van der Waals surface area (Å²) in [6, 6.07) is 7.97. The lowest BCUT2D eigenvalue weighted by Gasteiger charge is -2.40. The van der Waals surface area contributed by atoms with E-state index in [2.05, 4.69) is 5.32 Å². The summed E-state index contributed by atoms with van der Waals surface area (Å²) >= 11 is 5.86. The summed E-state index contributed by atoms with van der Waals surface area (Å²) in [4.78, 5) is 11.4. The molecule has 0 bridgehead atoms. The lowest BCUT2D eigenvalue weighted by molar-refractivity contribution is -0.153. The first kappa shape index (κ1) is 25.4. The number of halogens is 6. The van der Waals surface area contributed by atoms with Gasteiger partial charge in [-0.1, -0.05) is 11.6 Å². The molecule has 0 radical (unpaired) electrons. The Balaban J connectivity index is 1.89. The summed E-state index contributed by atoms with van der Waals surface area (Å²) in [6.45, 7) is -0.0718. The first-order valence-corrected chi connectivity index (χ1v) is 12.0. The third kappa shape index (κ3) is 5.66. The van der Waals surface area contributed by atoms with Crippen LogP contribution >= 0.6 is 11.6 Å². The first-order valence-electron chi connectivity index (χ1n) is 10.1. The lowest BCUT2D eigenvalue weighted by atomic mass is 9.77. The van der Waals surface area contributed by atoms with E-state index in [1.54, 1.807) is 0 Å². The number of hydrogen-bond donors (Lipinski definition) is 1. The number of rotatable bonds is 6. The van der Waals surface area contributed by atoms with E-state index in [0.717, 1.165) is 18.2 Å². The molecule has 0 spiro atoms. The molecule has 180 valence electrons. The Bertz CT molecular complexity index is 1110. The Morgan fingerprint density at radius 2 is 1.67 bits per heavy atom. The maximum Gasteiger partial charge on any atom is 0.397 e. The van der Waals surface area contributed by atoms with Crippen LogP contribution in [-0.2, 0) is 19.4 Å². The number of amides is 1. The topological polar surface area (TPSA) is 63.2 Å². The molecule has 33 heavy (non-hydrogen) atoms. The van der Waals surface area contributed by atoms with Crippen LogP contribution in [0.1, 0.15) is 37.7 Å². The van der Waals surface area contributed by atoms with Crippen molar-refractivity contribution >= 4 is 27.3 Å². The number of carbonyl (C=O) groups is 1. The number of alkyl halides is 3. The Kier molecular flexibility index (Phi) is 7.38. The van der Waals surface area contributed by atoms with E-state index in [0.29, 0.717) is 5.02 Å². The van der Waals surface area contributed by atoms with Crippen molar-refractivity contribution in [1.29, 1.82) is 0 Å². The molecular formula is C22H21ClF5NO3S. The summed E-state index contributed by atoms with van der Waals surface area (Å²) in [5.74, 6) is -3.15. The van der Waals surface area contributed by atoms with E-state index in [9.17, 15) is 35.2 Å². The molecule has 0 aromatic heterocycles. The Morgan fingerprint density at radius 3 is 2.24 bits per heavy atom. The second kappa shape index (κ2) is 9.58. The molecule has 0 aliphatic heterocycles. The van der Waals surface area contributed by atoms with Gasteiger partial charge in [-0.15, -0.1) is 0 Å². The largest absolute Gasteiger partial charge is 0.397 e.